The molecule has 0 nitrogen and oxygen atoms in total. The summed E-state index contributed by atoms with van der Waals surface area (Å²) in [5.74, 6) is 0. The summed E-state index contributed by atoms with van der Waals surface area (Å²) < 4.78 is 0. The molecule has 0 aliphatic carbocycles. The molecule has 13 heteroatoms. The van der Waals surface area contributed by atoms with Crippen molar-refractivity contribution in [3.05, 3.63) is 0 Å². The van der Waals surface area contributed by atoms with Gasteiger partial charge in [0.15, 0.2) is 0 Å². The molecule has 0 bridgehead atoms. The van der Waals surface area contributed by atoms with Gasteiger partial charge < -0.3 is 94.5 Å². The van der Waals surface area contributed by atoms with Gasteiger partial charge in [-0.15, -0.1) is 0 Å². The van der Waals surface area contributed by atoms with Crippen molar-refractivity contribution in [3.63, 3.8) is 0 Å². The zero-order valence-electron chi connectivity index (χ0n) is 5.77. The zero-order chi connectivity index (χ0) is 0. The predicted octanol–water partition coefficient (Wildman–Crippen LogP) is -0.788. The second kappa shape index (κ2) is 137. The minimum atomic E-state index is 0. The van der Waals surface area contributed by atoms with Gasteiger partial charge >= 0.3 is 122 Å². The molecule has 0 aromatic rings. The maximum atomic E-state index is 0. The van der Waals surface area contributed by atoms with Gasteiger partial charge in [-0.05, 0) is 0 Å². The molecule has 0 aliphatic rings. The normalized spacial score (nSPS) is 0. The molecule has 0 amide bonds. The fourth-order valence-electron chi connectivity index (χ4n) is 0. The van der Waals surface area contributed by atoms with Gasteiger partial charge in [-0.2, -0.15) is 0 Å². The maximum Gasteiger partial charge on any atom is 3.00 e. The van der Waals surface area contributed by atoms with E-state index in [1.807, 2.05) is 0 Å². The molecule has 13 heavy (non-hydrogen) atoms. The quantitative estimate of drug-likeness (QED) is 0.288. The van der Waals surface area contributed by atoms with E-state index in [0.717, 1.165) is 0 Å². The standard InChI is InChI=1S/2Cu.7S.2Sb.2Zn/q2*+2;7*-2;2*+3;2*+2. The predicted molar refractivity (Wildman–Crippen MR) is 63.1 cm³/mol. The van der Waals surface area contributed by atoms with E-state index in [-0.39, 0.29) is 216 Å². The molecule has 0 spiro atoms. The van der Waals surface area contributed by atoms with Crippen molar-refractivity contribution in [3.8, 4) is 0 Å². The van der Waals surface area contributed by atoms with Crippen LogP contribution in [0.3, 0.4) is 0 Å². The third kappa shape index (κ3) is 121. The van der Waals surface area contributed by atoms with E-state index in [4.69, 9.17) is 0 Å². The van der Waals surface area contributed by atoms with Crippen LogP contribution in [0.1, 0.15) is 0 Å². The van der Waals surface area contributed by atoms with Crippen LogP contribution in [-0.4, -0.2) is 48.9 Å². The Labute approximate surface area is 212 Å². The summed E-state index contributed by atoms with van der Waals surface area (Å²) in [7, 11) is 0. The molecule has 0 heterocycles. The fourth-order valence-corrected chi connectivity index (χ4v) is 0. The van der Waals surface area contributed by atoms with Crippen LogP contribution in [0.4, 0.5) is 0 Å². The van der Waals surface area contributed by atoms with Gasteiger partial charge in [0.05, 0.1) is 0 Å². The molecular formula is Cu2S7Sb2Zn2. The molecule has 0 saturated heterocycles. The van der Waals surface area contributed by atoms with E-state index in [2.05, 4.69) is 0 Å². The molecule has 6 radical (unpaired) electrons. The third-order valence-corrected chi connectivity index (χ3v) is 0. The summed E-state index contributed by atoms with van der Waals surface area (Å²) >= 11 is 0. The summed E-state index contributed by atoms with van der Waals surface area (Å²) in [4.78, 5) is 0. The van der Waals surface area contributed by atoms with Gasteiger partial charge in [-0.25, -0.2) is 0 Å². The monoisotopic (exact) mass is 719 g/mol. The van der Waals surface area contributed by atoms with E-state index < -0.39 is 0 Å². The Balaban J connectivity index is 0. The van der Waals surface area contributed by atoms with Gasteiger partial charge in [0.1, 0.15) is 0 Å². The molecule has 0 unspecified atom stereocenters. The maximum absolute atomic E-state index is 0. The topological polar surface area (TPSA) is 0 Å². The summed E-state index contributed by atoms with van der Waals surface area (Å²) in [6, 6.07) is 0. The van der Waals surface area contributed by atoms with Crippen molar-refractivity contribution in [1.29, 1.82) is 0 Å². The SMILES string of the molecule is [Cu+2].[Cu+2].[S-2].[S-2].[S-2].[S-2].[S-2].[S-2].[S-2].[Sb+3].[Sb+3].[Zn+2].[Zn+2]. The Morgan fingerprint density at radius 1 is 0.308 bits per heavy atom. The second-order valence-corrected chi connectivity index (χ2v) is 0. The molecule has 0 fully saturated rings. The van der Waals surface area contributed by atoms with Crippen molar-refractivity contribution >= 4 is 143 Å². The second-order valence-electron chi connectivity index (χ2n) is 0. The van der Waals surface area contributed by atoms with E-state index >= 15 is 0 Å². The first-order chi connectivity index (χ1) is 0. The van der Waals surface area contributed by atoms with Crippen molar-refractivity contribution in [1.82, 2.24) is 0 Å². The Kier molecular flexibility index (Phi) is 1690. The Bertz CT molecular complexity index is 22.5. The van der Waals surface area contributed by atoms with Crippen molar-refractivity contribution in [2.75, 3.05) is 0 Å². The average Bonchev–Trinajstić information content (AvgIpc) is 0. The largest absolute Gasteiger partial charge is 3.00 e. The van der Waals surface area contributed by atoms with Gasteiger partial charge in [-0.3, -0.25) is 0 Å². The molecule has 0 N–H and O–H groups in total. The molecule has 78 valence electrons. The van der Waals surface area contributed by atoms with Crippen LogP contribution in [0.25, 0.3) is 0 Å². The number of hydrogen-bond donors (Lipinski definition) is 0. The smallest absolute Gasteiger partial charge is 2.00 e. The van der Waals surface area contributed by atoms with Gasteiger partial charge in [0.25, 0.3) is 0 Å². The first kappa shape index (κ1) is 161. The Morgan fingerprint density at radius 3 is 0.308 bits per heavy atom. The average molecular weight is 726 g/mol. The van der Waals surface area contributed by atoms with Crippen LogP contribution in [-0.2, 0) is 168 Å². The Hall–Kier alpha value is 6.37. The van der Waals surface area contributed by atoms with E-state index in [0.29, 0.717) is 0 Å². The molecule has 0 aliphatic heterocycles. The molecule has 0 rings (SSSR count). The van der Waals surface area contributed by atoms with E-state index in [9.17, 15) is 0 Å². The van der Waals surface area contributed by atoms with Crippen molar-refractivity contribution in [2.45, 2.75) is 0 Å². The van der Waals surface area contributed by atoms with Crippen LogP contribution in [0.2, 0.25) is 0 Å². The summed E-state index contributed by atoms with van der Waals surface area (Å²) in [6.45, 7) is 0. The molecular weight excluding hydrogens is 726 g/mol. The first-order valence-corrected chi connectivity index (χ1v) is 0. The van der Waals surface area contributed by atoms with E-state index in [1.165, 1.54) is 0 Å². The summed E-state index contributed by atoms with van der Waals surface area (Å²) in [5, 5.41) is 0. The van der Waals surface area contributed by atoms with Gasteiger partial charge in [-0.1, -0.05) is 0 Å². The molecule has 0 atom stereocenters. The fraction of sp³-hybridized carbons (Fsp3) is 0. The number of hydrogen-bond acceptors (Lipinski definition) is 0. The Morgan fingerprint density at radius 2 is 0.308 bits per heavy atom. The first-order valence-electron chi connectivity index (χ1n) is 0. The van der Waals surface area contributed by atoms with Crippen LogP contribution in [0.15, 0.2) is 0 Å². The van der Waals surface area contributed by atoms with Gasteiger partial charge in [0.2, 0.25) is 0 Å². The van der Waals surface area contributed by atoms with E-state index in [1.54, 1.807) is 0 Å². The van der Waals surface area contributed by atoms with Gasteiger partial charge in [0, 0.05) is 0 Å². The third-order valence-electron chi connectivity index (χ3n) is 0. The molecule has 0 saturated carbocycles. The number of rotatable bonds is 0. The molecule has 0 aromatic carbocycles. The minimum Gasteiger partial charge on any atom is -2.00 e. The summed E-state index contributed by atoms with van der Waals surface area (Å²) in [5.41, 5.74) is 0. The van der Waals surface area contributed by atoms with Crippen molar-refractivity contribution < 1.29 is 73.1 Å². The zero-order valence-corrected chi connectivity index (χ0v) is 24.4. The van der Waals surface area contributed by atoms with Crippen LogP contribution in [0, 0.1) is 0 Å². The van der Waals surface area contributed by atoms with Crippen LogP contribution < -0.4 is 0 Å². The van der Waals surface area contributed by atoms with Crippen molar-refractivity contribution in [2.24, 2.45) is 0 Å². The van der Waals surface area contributed by atoms with Crippen LogP contribution in [0.5, 0.6) is 0 Å². The molecule has 0 aromatic heterocycles. The minimum absolute atomic E-state index is 0. The van der Waals surface area contributed by atoms with Crippen LogP contribution >= 0.6 is 0 Å². The summed E-state index contributed by atoms with van der Waals surface area (Å²) in [6.07, 6.45) is 0.